The number of aryl methyl sites for hydroxylation is 1. The number of piperidine rings is 1. The first-order chi connectivity index (χ1) is 9.10. The van der Waals surface area contributed by atoms with Crippen LogP contribution in [0.2, 0.25) is 0 Å². The predicted molar refractivity (Wildman–Crippen MR) is 77.0 cm³/mol. The van der Waals surface area contributed by atoms with Crippen LogP contribution in [0, 0.1) is 6.92 Å². The monoisotopic (exact) mass is 262 g/mol. The van der Waals surface area contributed by atoms with Crippen LogP contribution < -0.4 is 16.6 Å². The minimum absolute atomic E-state index is 0.00113. The molecule has 5 nitrogen and oxygen atoms in total. The van der Waals surface area contributed by atoms with E-state index in [2.05, 4.69) is 22.7 Å². The van der Waals surface area contributed by atoms with Crippen molar-refractivity contribution < 1.29 is 4.79 Å². The van der Waals surface area contributed by atoms with Gasteiger partial charge in [0, 0.05) is 11.6 Å². The lowest BCUT2D eigenvalue weighted by Gasteiger charge is -2.29. The highest BCUT2D eigenvalue weighted by Crippen LogP contribution is 2.16. The first-order valence-electron chi connectivity index (χ1n) is 6.67. The summed E-state index contributed by atoms with van der Waals surface area (Å²) in [6, 6.07) is 5.78. The van der Waals surface area contributed by atoms with Gasteiger partial charge in [-0.05, 0) is 63.7 Å². The van der Waals surface area contributed by atoms with Gasteiger partial charge in [0.25, 0.3) is 5.91 Å². The summed E-state index contributed by atoms with van der Waals surface area (Å²) < 4.78 is 0. The van der Waals surface area contributed by atoms with Crippen LogP contribution in [-0.4, -0.2) is 37.0 Å². The average Bonchev–Trinajstić information content (AvgIpc) is 2.41. The van der Waals surface area contributed by atoms with Crippen LogP contribution in [0.4, 0.5) is 5.69 Å². The van der Waals surface area contributed by atoms with Crippen molar-refractivity contribution in [1.29, 1.82) is 0 Å². The molecule has 1 heterocycles. The number of benzene rings is 1. The predicted octanol–water partition coefficient (Wildman–Crippen LogP) is 1.10. The normalized spacial score (nSPS) is 17.2. The molecule has 0 bridgehead atoms. The van der Waals surface area contributed by atoms with Gasteiger partial charge in [0.15, 0.2) is 0 Å². The second kappa shape index (κ2) is 6.04. The molecule has 1 aromatic carbocycles. The quantitative estimate of drug-likeness (QED) is 0.563. The molecular weight excluding hydrogens is 240 g/mol. The van der Waals surface area contributed by atoms with Gasteiger partial charge in [0.05, 0.1) is 5.69 Å². The molecular formula is C14H22N4O. The highest BCUT2D eigenvalue weighted by Gasteiger charge is 2.19. The molecule has 0 spiro atoms. The van der Waals surface area contributed by atoms with Gasteiger partial charge in [0.2, 0.25) is 0 Å². The lowest BCUT2D eigenvalue weighted by atomic mass is 10.0. The molecule has 19 heavy (non-hydrogen) atoms. The Morgan fingerprint density at radius 1 is 1.37 bits per heavy atom. The summed E-state index contributed by atoms with van der Waals surface area (Å²) in [7, 11) is 2.11. The number of hydrogen-bond acceptors (Lipinski definition) is 4. The van der Waals surface area contributed by atoms with E-state index in [1.165, 1.54) is 0 Å². The third kappa shape index (κ3) is 3.45. The second-order valence-corrected chi connectivity index (χ2v) is 5.23. The molecule has 5 heteroatoms. The van der Waals surface area contributed by atoms with Crippen LogP contribution in [0.3, 0.4) is 0 Å². The van der Waals surface area contributed by atoms with Gasteiger partial charge in [-0.25, -0.2) is 0 Å². The second-order valence-electron chi connectivity index (χ2n) is 5.23. The Balaban J connectivity index is 1.98. The van der Waals surface area contributed by atoms with E-state index in [9.17, 15) is 4.79 Å². The number of nitrogen functional groups attached to an aromatic ring is 1. The fraction of sp³-hybridized carbons (Fsp3) is 0.500. The van der Waals surface area contributed by atoms with Crippen LogP contribution >= 0.6 is 0 Å². The Kier molecular flexibility index (Phi) is 4.39. The average molecular weight is 262 g/mol. The summed E-state index contributed by atoms with van der Waals surface area (Å²) >= 11 is 0. The van der Waals surface area contributed by atoms with E-state index in [-0.39, 0.29) is 11.9 Å². The van der Waals surface area contributed by atoms with Gasteiger partial charge >= 0.3 is 0 Å². The number of nitrogens with one attached hydrogen (secondary N) is 2. The van der Waals surface area contributed by atoms with Crippen LogP contribution in [0.15, 0.2) is 18.2 Å². The maximum absolute atomic E-state index is 12.2. The molecule has 0 atom stereocenters. The van der Waals surface area contributed by atoms with E-state index in [0.717, 1.165) is 37.2 Å². The van der Waals surface area contributed by atoms with E-state index in [1.807, 2.05) is 19.1 Å². The molecule has 0 saturated carbocycles. The molecule has 0 aromatic heterocycles. The number of amides is 1. The smallest absolute Gasteiger partial charge is 0.251 e. The number of hydrogen-bond donors (Lipinski definition) is 3. The highest BCUT2D eigenvalue weighted by atomic mass is 16.1. The molecule has 0 aliphatic carbocycles. The topological polar surface area (TPSA) is 70.4 Å². The minimum atomic E-state index is 0.00113. The van der Waals surface area contributed by atoms with Crippen LogP contribution in [0.5, 0.6) is 0 Å². The van der Waals surface area contributed by atoms with Crippen molar-refractivity contribution in [3.63, 3.8) is 0 Å². The molecule has 2 rings (SSSR count). The zero-order valence-corrected chi connectivity index (χ0v) is 11.6. The fourth-order valence-corrected chi connectivity index (χ4v) is 2.39. The van der Waals surface area contributed by atoms with Crippen LogP contribution in [-0.2, 0) is 0 Å². The van der Waals surface area contributed by atoms with E-state index in [0.29, 0.717) is 5.56 Å². The first-order valence-corrected chi connectivity index (χ1v) is 6.67. The Morgan fingerprint density at radius 2 is 2.05 bits per heavy atom. The van der Waals surface area contributed by atoms with Crippen molar-refractivity contribution in [3.8, 4) is 0 Å². The van der Waals surface area contributed by atoms with Crippen molar-refractivity contribution in [1.82, 2.24) is 10.2 Å². The summed E-state index contributed by atoms with van der Waals surface area (Å²) in [5, 5.41) is 3.10. The van der Waals surface area contributed by atoms with Crippen molar-refractivity contribution in [3.05, 3.63) is 29.3 Å². The standard InChI is InChI=1S/C14H22N4O/c1-10-9-11(3-4-13(10)17-15)14(19)16-12-5-7-18(2)8-6-12/h3-4,9,12,17H,5-8,15H2,1-2H3,(H,16,19). The Bertz CT molecular complexity index is 453. The minimum Gasteiger partial charge on any atom is -0.349 e. The lowest BCUT2D eigenvalue weighted by Crippen LogP contribution is -2.43. The number of rotatable bonds is 3. The first kappa shape index (κ1) is 13.8. The van der Waals surface area contributed by atoms with Crippen molar-refractivity contribution >= 4 is 11.6 Å². The van der Waals surface area contributed by atoms with Gasteiger partial charge in [0.1, 0.15) is 0 Å². The summed E-state index contributed by atoms with van der Waals surface area (Å²) in [5.74, 6) is 5.39. The van der Waals surface area contributed by atoms with Gasteiger partial charge in [-0.15, -0.1) is 0 Å². The molecule has 0 radical (unpaired) electrons. The molecule has 1 aliphatic rings. The van der Waals surface area contributed by atoms with Gasteiger partial charge in [-0.1, -0.05) is 0 Å². The van der Waals surface area contributed by atoms with Gasteiger partial charge < -0.3 is 15.6 Å². The van der Waals surface area contributed by atoms with E-state index in [1.54, 1.807) is 6.07 Å². The number of hydrazine groups is 1. The Morgan fingerprint density at radius 3 is 2.63 bits per heavy atom. The Labute approximate surface area is 114 Å². The number of nitrogens with zero attached hydrogens (tertiary/aromatic N) is 1. The zero-order valence-electron chi connectivity index (χ0n) is 11.6. The van der Waals surface area contributed by atoms with Crippen LogP contribution in [0.25, 0.3) is 0 Å². The molecule has 1 aliphatic heterocycles. The fourth-order valence-electron chi connectivity index (χ4n) is 2.39. The Hall–Kier alpha value is -1.59. The van der Waals surface area contributed by atoms with Crippen molar-refractivity contribution in [2.45, 2.75) is 25.8 Å². The summed E-state index contributed by atoms with van der Waals surface area (Å²) in [4.78, 5) is 14.5. The number of likely N-dealkylation sites (tertiary alicyclic amines) is 1. The maximum atomic E-state index is 12.2. The number of anilines is 1. The number of nitrogens with two attached hydrogens (primary N) is 1. The molecule has 4 N–H and O–H groups in total. The zero-order chi connectivity index (χ0) is 13.8. The van der Waals surface area contributed by atoms with Crippen LogP contribution in [0.1, 0.15) is 28.8 Å². The van der Waals surface area contributed by atoms with E-state index >= 15 is 0 Å². The highest BCUT2D eigenvalue weighted by molar-refractivity contribution is 5.95. The summed E-state index contributed by atoms with van der Waals surface area (Å²) in [6.45, 7) is 4.02. The van der Waals surface area contributed by atoms with E-state index in [4.69, 9.17) is 5.84 Å². The molecule has 104 valence electrons. The third-order valence-corrected chi connectivity index (χ3v) is 3.70. The SMILES string of the molecule is Cc1cc(C(=O)NC2CCN(C)CC2)ccc1NN. The lowest BCUT2D eigenvalue weighted by molar-refractivity contribution is 0.0917. The molecule has 1 aromatic rings. The largest absolute Gasteiger partial charge is 0.349 e. The van der Waals surface area contributed by atoms with Crippen molar-refractivity contribution in [2.75, 3.05) is 25.6 Å². The summed E-state index contributed by atoms with van der Waals surface area (Å²) in [5.41, 5.74) is 5.11. The van der Waals surface area contributed by atoms with Gasteiger partial charge in [-0.2, -0.15) is 0 Å². The molecule has 1 fully saturated rings. The molecule has 1 amide bonds. The maximum Gasteiger partial charge on any atom is 0.251 e. The van der Waals surface area contributed by atoms with E-state index < -0.39 is 0 Å². The molecule has 0 unspecified atom stereocenters. The van der Waals surface area contributed by atoms with Crippen molar-refractivity contribution in [2.24, 2.45) is 5.84 Å². The third-order valence-electron chi connectivity index (χ3n) is 3.70. The summed E-state index contributed by atoms with van der Waals surface area (Å²) in [6.07, 6.45) is 2.04. The number of carbonyl (C=O) groups is 1. The molecule has 1 saturated heterocycles. The number of carbonyl (C=O) groups excluding carboxylic acids is 1. The van der Waals surface area contributed by atoms with Gasteiger partial charge in [-0.3, -0.25) is 10.6 Å².